The summed E-state index contributed by atoms with van der Waals surface area (Å²) >= 11 is 0. The number of anilines is 1. The van der Waals surface area contributed by atoms with Crippen LogP contribution in [0.25, 0.3) is 0 Å². The lowest BCUT2D eigenvalue weighted by Gasteiger charge is -2.36. The van der Waals surface area contributed by atoms with Crippen molar-refractivity contribution in [2.24, 2.45) is 0 Å². The van der Waals surface area contributed by atoms with Crippen molar-refractivity contribution in [3.8, 4) is 0 Å². The van der Waals surface area contributed by atoms with Gasteiger partial charge in [0.2, 0.25) is 0 Å². The van der Waals surface area contributed by atoms with E-state index in [9.17, 15) is 13.2 Å². The van der Waals surface area contributed by atoms with Crippen LogP contribution in [0.1, 0.15) is 23.2 Å². The summed E-state index contributed by atoms with van der Waals surface area (Å²) in [5.41, 5.74) is 2.35. The molecule has 3 rings (SSSR count). The second-order valence-corrected chi connectivity index (χ2v) is 6.93. The van der Waals surface area contributed by atoms with E-state index < -0.39 is 11.7 Å². The summed E-state index contributed by atoms with van der Waals surface area (Å²) in [5, 5.41) is 10.3. The van der Waals surface area contributed by atoms with Crippen LogP contribution < -0.4 is 10.2 Å². The van der Waals surface area contributed by atoms with Crippen LogP contribution in [-0.4, -0.2) is 54.4 Å². The predicted molar refractivity (Wildman–Crippen MR) is 99.7 cm³/mol. The highest BCUT2D eigenvalue weighted by atomic mass is 19.4. The van der Waals surface area contributed by atoms with E-state index in [-0.39, 0.29) is 0 Å². The largest absolute Gasteiger partial charge is 0.416 e. The fourth-order valence-electron chi connectivity index (χ4n) is 3.31. The molecule has 148 valence electrons. The lowest BCUT2D eigenvalue weighted by molar-refractivity contribution is -0.137. The molecule has 1 fully saturated rings. The number of nitrogens with one attached hydrogen (secondary N) is 2. The van der Waals surface area contributed by atoms with Crippen LogP contribution >= 0.6 is 0 Å². The first-order valence-corrected chi connectivity index (χ1v) is 9.27. The van der Waals surface area contributed by atoms with Gasteiger partial charge in [0.1, 0.15) is 0 Å². The molecule has 1 aromatic heterocycles. The standard InChI is InChI=1S/C19H26F3N5/c1-15-16(14-24-25-15)13-23-6-3-7-26-8-10-27(11-9-26)18-5-2-4-17(12-18)19(20,21)22/h2,4-5,12,14,23H,3,6-11,13H2,1H3,(H,24,25). The first-order chi connectivity index (χ1) is 12.9. The van der Waals surface area contributed by atoms with Crippen molar-refractivity contribution in [1.29, 1.82) is 0 Å². The molecule has 2 heterocycles. The molecule has 1 saturated heterocycles. The molecule has 0 aliphatic carbocycles. The minimum atomic E-state index is -4.29. The van der Waals surface area contributed by atoms with Gasteiger partial charge in [-0.1, -0.05) is 6.07 Å². The van der Waals surface area contributed by atoms with E-state index >= 15 is 0 Å². The lowest BCUT2D eigenvalue weighted by Crippen LogP contribution is -2.47. The first-order valence-electron chi connectivity index (χ1n) is 9.27. The summed E-state index contributed by atoms with van der Waals surface area (Å²) in [5.74, 6) is 0. The van der Waals surface area contributed by atoms with Gasteiger partial charge in [0.25, 0.3) is 0 Å². The fraction of sp³-hybridized carbons (Fsp3) is 0.526. The predicted octanol–water partition coefficient (Wildman–Crippen LogP) is 3.04. The van der Waals surface area contributed by atoms with Gasteiger partial charge in [0, 0.05) is 49.7 Å². The van der Waals surface area contributed by atoms with E-state index in [4.69, 9.17) is 0 Å². The van der Waals surface area contributed by atoms with Crippen LogP contribution in [0.2, 0.25) is 0 Å². The Morgan fingerprint density at radius 3 is 2.63 bits per heavy atom. The Labute approximate surface area is 157 Å². The molecule has 8 heteroatoms. The summed E-state index contributed by atoms with van der Waals surface area (Å²) < 4.78 is 38.6. The van der Waals surface area contributed by atoms with Crippen LogP contribution in [0.5, 0.6) is 0 Å². The van der Waals surface area contributed by atoms with E-state index in [1.807, 2.05) is 18.0 Å². The number of hydrogen-bond acceptors (Lipinski definition) is 4. The lowest BCUT2D eigenvalue weighted by atomic mass is 10.1. The highest BCUT2D eigenvalue weighted by molar-refractivity contribution is 5.49. The molecule has 1 aromatic carbocycles. The normalized spacial score (nSPS) is 16.1. The number of benzene rings is 1. The quantitative estimate of drug-likeness (QED) is 0.724. The zero-order chi connectivity index (χ0) is 19.3. The second kappa shape index (κ2) is 8.75. The molecule has 2 aromatic rings. The van der Waals surface area contributed by atoms with Gasteiger partial charge in [-0.2, -0.15) is 18.3 Å². The highest BCUT2D eigenvalue weighted by Gasteiger charge is 2.31. The molecule has 0 spiro atoms. The first kappa shape index (κ1) is 19.7. The summed E-state index contributed by atoms with van der Waals surface area (Å²) in [6, 6.07) is 5.61. The topological polar surface area (TPSA) is 47.2 Å². The van der Waals surface area contributed by atoms with Gasteiger partial charge in [0.15, 0.2) is 0 Å². The maximum absolute atomic E-state index is 12.9. The third-order valence-electron chi connectivity index (χ3n) is 4.99. The van der Waals surface area contributed by atoms with Gasteiger partial charge in [-0.05, 0) is 44.6 Å². The average Bonchev–Trinajstić information content (AvgIpc) is 3.06. The van der Waals surface area contributed by atoms with Gasteiger partial charge < -0.3 is 10.2 Å². The number of rotatable bonds is 7. The molecule has 5 nitrogen and oxygen atoms in total. The molecule has 0 radical (unpaired) electrons. The minimum Gasteiger partial charge on any atom is -0.369 e. The minimum absolute atomic E-state index is 0.582. The number of halogens is 3. The number of aromatic amines is 1. The van der Waals surface area contributed by atoms with Gasteiger partial charge in [-0.15, -0.1) is 0 Å². The smallest absolute Gasteiger partial charge is 0.369 e. The van der Waals surface area contributed by atoms with Crippen LogP contribution in [0.15, 0.2) is 30.5 Å². The van der Waals surface area contributed by atoms with Crippen LogP contribution in [-0.2, 0) is 12.7 Å². The molecule has 0 atom stereocenters. The maximum Gasteiger partial charge on any atom is 0.416 e. The van der Waals surface area contributed by atoms with Crippen molar-refractivity contribution in [3.05, 3.63) is 47.3 Å². The van der Waals surface area contributed by atoms with Crippen molar-refractivity contribution in [1.82, 2.24) is 20.4 Å². The number of aryl methyl sites for hydroxylation is 1. The Kier molecular flexibility index (Phi) is 6.38. The van der Waals surface area contributed by atoms with Crippen molar-refractivity contribution < 1.29 is 13.2 Å². The molecular weight excluding hydrogens is 355 g/mol. The molecule has 1 aliphatic heterocycles. The van der Waals surface area contributed by atoms with E-state index in [0.29, 0.717) is 5.69 Å². The fourth-order valence-corrected chi connectivity index (χ4v) is 3.31. The molecule has 0 bridgehead atoms. The number of piperazine rings is 1. The monoisotopic (exact) mass is 381 g/mol. The molecule has 0 unspecified atom stereocenters. The number of nitrogens with zero attached hydrogens (tertiary/aromatic N) is 3. The van der Waals surface area contributed by atoms with Crippen molar-refractivity contribution in [3.63, 3.8) is 0 Å². The van der Waals surface area contributed by atoms with Gasteiger partial charge in [-0.3, -0.25) is 10.00 Å². The van der Waals surface area contributed by atoms with Crippen LogP contribution in [0.3, 0.4) is 0 Å². The molecule has 0 saturated carbocycles. The second-order valence-electron chi connectivity index (χ2n) is 6.93. The van der Waals surface area contributed by atoms with E-state index in [2.05, 4.69) is 20.4 Å². The third-order valence-corrected chi connectivity index (χ3v) is 4.99. The average molecular weight is 381 g/mol. The number of aromatic nitrogens is 2. The van der Waals surface area contributed by atoms with Crippen molar-refractivity contribution >= 4 is 5.69 Å². The Morgan fingerprint density at radius 1 is 1.19 bits per heavy atom. The summed E-state index contributed by atoms with van der Waals surface area (Å²) in [6.07, 6.45) is -1.41. The summed E-state index contributed by atoms with van der Waals surface area (Å²) in [4.78, 5) is 4.40. The summed E-state index contributed by atoms with van der Waals surface area (Å²) in [7, 11) is 0. The zero-order valence-electron chi connectivity index (χ0n) is 15.5. The van der Waals surface area contributed by atoms with Gasteiger partial charge >= 0.3 is 6.18 Å². The molecule has 27 heavy (non-hydrogen) atoms. The highest BCUT2D eigenvalue weighted by Crippen LogP contribution is 2.31. The Bertz CT molecular complexity index is 720. The van der Waals surface area contributed by atoms with Crippen LogP contribution in [0, 0.1) is 6.92 Å². The number of hydrogen-bond donors (Lipinski definition) is 2. The zero-order valence-corrected chi connectivity index (χ0v) is 15.5. The SMILES string of the molecule is Cc1[nH]ncc1CNCCCN1CCN(c2cccc(C(F)(F)F)c2)CC1. The molecule has 2 N–H and O–H groups in total. The Morgan fingerprint density at radius 2 is 1.96 bits per heavy atom. The van der Waals surface area contributed by atoms with E-state index in [1.54, 1.807) is 6.07 Å². The molecule has 0 amide bonds. The Balaban J connectivity index is 1.37. The van der Waals surface area contributed by atoms with Gasteiger partial charge in [-0.25, -0.2) is 0 Å². The van der Waals surface area contributed by atoms with E-state index in [1.165, 1.54) is 17.7 Å². The van der Waals surface area contributed by atoms with Crippen molar-refractivity contribution in [2.75, 3.05) is 44.2 Å². The van der Waals surface area contributed by atoms with Crippen molar-refractivity contribution in [2.45, 2.75) is 26.1 Å². The maximum atomic E-state index is 12.9. The molecular formula is C19H26F3N5. The summed E-state index contributed by atoms with van der Waals surface area (Å²) in [6.45, 7) is 7.99. The Hall–Kier alpha value is -2.06. The number of H-pyrrole nitrogens is 1. The van der Waals surface area contributed by atoms with Crippen LogP contribution in [0.4, 0.5) is 18.9 Å². The van der Waals surface area contributed by atoms with E-state index in [0.717, 1.165) is 64.0 Å². The number of alkyl halides is 3. The van der Waals surface area contributed by atoms with Gasteiger partial charge in [0.05, 0.1) is 11.8 Å². The third kappa shape index (κ3) is 5.46. The molecule has 1 aliphatic rings.